The molecule has 0 N–H and O–H groups in total. The molecule has 1 saturated heterocycles. The first kappa shape index (κ1) is 14.5. The van der Waals surface area contributed by atoms with Crippen LogP contribution in [0, 0.1) is 0 Å². The Balaban J connectivity index is 1.66. The number of epoxide rings is 1. The van der Waals surface area contributed by atoms with E-state index in [4.69, 9.17) is 18.9 Å². The molecule has 19 heavy (non-hydrogen) atoms. The van der Waals surface area contributed by atoms with E-state index < -0.39 is 0 Å². The summed E-state index contributed by atoms with van der Waals surface area (Å²) in [4.78, 5) is 0. The quantitative estimate of drug-likeness (QED) is 0.508. The lowest BCUT2D eigenvalue weighted by atomic mass is 10.2. The normalized spacial score (nSPS) is 21.8. The van der Waals surface area contributed by atoms with E-state index in [1.54, 1.807) is 0 Å². The summed E-state index contributed by atoms with van der Waals surface area (Å²) in [7, 11) is 0. The molecular weight excluding hydrogens is 244 g/mol. The monoisotopic (exact) mass is 266 g/mol. The molecule has 0 aromatic heterocycles. The van der Waals surface area contributed by atoms with Gasteiger partial charge in [-0.2, -0.15) is 0 Å². The van der Waals surface area contributed by atoms with Gasteiger partial charge in [-0.1, -0.05) is 30.3 Å². The highest BCUT2D eigenvalue weighted by molar-refractivity contribution is 5.13. The topological polar surface area (TPSA) is 40.2 Å². The van der Waals surface area contributed by atoms with Gasteiger partial charge in [-0.05, 0) is 19.4 Å². The maximum absolute atomic E-state index is 5.64. The van der Waals surface area contributed by atoms with Crippen molar-refractivity contribution in [3.63, 3.8) is 0 Å². The van der Waals surface area contributed by atoms with E-state index in [9.17, 15) is 0 Å². The molecule has 1 aromatic rings. The summed E-state index contributed by atoms with van der Waals surface area (Å²) in [6.45, 7) is 6.35. The van der Waals surface area contributed by atoms with Crippen molar-refractivity contribution in [1.82, 2.24) is 0 Å². The Hall–Kier alpha value is -0.940. The maximum atomic E-state index is 5.64. The summed E-state index contributed by atoms with van der Waals surface area (Å²) in [6.07, 6.45) is -0.164. The van der Waals surface area contributed by atoms with Gasteiger partial charge < -0.3 is 18.9 Å². The van der Waals surface area contributed by atoms with E-state index in [0.717, 1.165) is 0 Å². The Kier molecular flexibility index (Phi) is 5.79. The summed E-state index contributed by atoms with van der Waals surface area (Å²) in [5.41, 5.74) is 1.17. The summed E-state index contributed by atoms with van der Waals surface area (Å²) < 4.78 is 22.2. The molecule has 1 aliphatic heterocycles. The molecule has 1 fully saturated rings. The van der Waals surface area contributed by atoms with Crippen molar-refractivity contribution in [3.8, 4) is 0 Å². The molecule has 1 heterocycles. The van der Waals surface area contributed by atoms with E-state index in [2.05, 4.69) is 12.1 Å². The van der Waals surface area contributed by atoms with Gasteiger partial charge in [-0.25, -0.2) is 0 Å². The molecule has 2 rings (SSSR count). The molecule has 4 nitrogen and oxygen atoms in total. The van der Waals surface area contributed by atoms with E-state index in [-0.39, 0.29) is 18.5 Å². The summed E-state index contributed by atoms with van der Waals surface area (Å²) in [5.74, 6) is 0. The fourth-order valence-electron chi connectivity index (χ4n) is 1.96. The van der Waals surface area contributed by atoms with Crippen LogP contribution < -0.4 is 0 Å². The van der Waals surface area contributed by atoms with Crippen molar-refractivity contribution in [3.05, 3.63) is 35.9 Å². The maximum Gasteiger partial charge on any atom is 0.186 e. The van der Waals surface area contributed by atoms with Crippen molar-refractivity contribution in [2.75, 3.05) is 19.8 Å². The number of hydrogen-bond donors (Lipinski definition) is 0. The van der Waals surface area contributed by atoms with Crippen LogP contribution in [-0.2, 0) is 25.6 Å². The van der Waals surface area contributed by atoms with Crippen molar-refractivity contribution >= 4 is 0 Å². The Labute approximate surface area is 114 Å². The lowest BCUT2D eigenvalue weighted by Gasteiger charge is -2.14. The van der Waals surface area contributed by atoms with Gasteiger partial charge in [0.1, 0.15) is 12.2 Å². The summed E-state index contributed by atoms with van der Waals surface area (Å²) in [6, 6.07) is 10.1. The van der Waals surface area contributed by atoms with E-state index >= 15 is 0 Å². The van der Waals surface area contributed by atoms with Gasteiger partial charge in [0, 0.05) is 13.2 Å². The average Bonchev–Trinajstić information content (AvgIpc) is 3.19. The molecule has 0 amide bonds. The van der Waals surface area contributed by atoms with Crippen LogP contribution >= 0.6 is 0 Å². The first-order chi connectivity index (χ1) is 9.35. The number of rotatable bonds is 9. The minimum absolute atomic E-state index is 0.00988. The third-order valence-electron chi connectivity index (χ3n) is 2.95. The van der Waals surface area contributed by atoms with E-state index in [1.165, 1.54) is 5.56 Å². The third-order valence-corrected chi connectivity index (χ3v) is 2.95. The van der Waals surface area contributed by atoms with Crippen LogP contribution in [0.2, 0.25) is 0 Å². The number of benzene rings is 1. The van der Waals surface area contributed by atoms with Crippen LogP contribution in [0.3, 0.4) is 0 Å². The van der Waals surface area contributed by atoms with Gasteiger partial charge in [0.2, 0.25) is 0 Å². The van der Waals surface area contributed by atoms with Crippen LogP contribution in [0.25, 0.3) is 0 Å². The smallest absolute Gasteiger partial charge is 0.186 e. The standard InChI is InChI=1S/C15H22O4/c1-3-17-15(18-4-2)14-13(19-14)11-16-10-12-8-6-5-7-9-12/h5-9,13-15H,3-4,10-11H2,1-2H3/t13-,14-/m1/s1. The second-order valence-corrected chi connectivity index (χ2v) is 4.42. The fourth-order valence-corrected chi connectivity index (χ4v) is 1.96. The molecule has 1 aliphatic rings. The second kappa shape index (κ2) is 7.60. The molecule has 0 radical (unpaired) electrons. The van der Waals surface area contributed by atoms with Gasteiger partial charge in [0.25, 0.3) is 0 Å². The highest BCUT2D eigenvalue weighted by Gasteiger charge is 2.46. The molecular formula is C15H22O4. The van der Waals surface area contributed by atoms with Gasteiger partial charge >= 0.3 is 0 Å². The molecule has 0 unspecified atom stereocenters. The molecule has 4 heteroatoms. The van der Waals surface area contributed by atoms with E-state index in [0.29, 0.717) is 26.4 Å². The predicted molar refractivity (Wildman–Crippen MR) is 71.8 cm³/mol. The van der Waals surface area contributed by atoms with Gasteiger partial charge in [0.15, 0.2) is 6.29 Å². The Morgan fingerprint density at radius 3 is 2.42 bits per heavy atom. The Bertz CT molecular complexity index is 348. The first-order valence-electron chi connectivity index (χ1n) is 6.85. The summed E-state index contributed by atoms with van der Waals surface area (Å²) >= 11 is 0. The molecule has 0 saturated carbocycles. The predicted octanol–water partition coefficient (Wildman–Crippen LogP) is 2.37. The lowest BCUT2D eigenvalue weighted by Crippen LogP contribution is -2.26. The Morgan fingerprint density at radius 1 is 1.11 bits per heavy atom. The van der Waals surface area contributed by atoms with Gasteiger partial charge in [-0.15, -0.1) is 0 Å². The van der Waals surface area contributed by atoms with Crippen LogP contribution in [0.5, 0.6) is 0 Å². The van der Waals surface area contributed by atoms with Crippen LogP contribution in [0.4, 0.5) is 0 Å². The number of ether oxygens (including phenoxy) is 4. The van der Waals surface area contributed by atoms with E-state index in [1.807, 2.05) is 32.0 Å². The minimum Gasteiger partial charge on any atom is -0.374 e. The highest BCUT2D eigenvalue weighted by Crippen LogP contribution is 2.28. The average molecular weight is 266 g/mol. The largest absolute Gasteiger partial charge is 0.374 e. The number of hydrogen-bond acceptors (Lipinski definition) is 4. The molecule has 1 aromatic carbocycles. The first-order valence-corrected chi connectivity index (χ1v) is 6.85. The van der Waals surface area contributed by atoms with Crippen LogP contribution in [0.15, 0.2) is 30.3 Å². The molecule has 0 spiro atoms. The zero-order chi connectivity index (χ0) is 13.5. The third kappa shape index (κ3) is 4.58. The Morgan fingerprint density at radius 2 is 1.79 bits per heavy atom. The van der Waals surface area contributed by atoms with Gasteiger partial charge in [0.05, 0.1) is 13.2 Å². The molecule has 106 valence electrons. The highest BCUT2D eigenvalue weighted by atomic mass is 16.7. The zero-order valence-corrected chi connectivity index (χ0v) is 11.6. The van der Waals surface area contributed by atoms with Crippen molar-refractivity contribution in [2.24, 2.45) is 0 Å². The van der Waals surface area contributed by atoms with Crippen molar-refractivity contribution in [2.45, 2.75) is 39.0 Å². The van der Waals surface area contributed by atoms with Crippen molar-refractivity contribution in [1.29, 1.82) is 0 Å². The fraction of sp³-hybridized carbons (Fsp3) is 0.600. The molecule has 0 aliphatic carbocycles. The van der Waals surface area contributed by atoms with Crippen LogP contribution in [0.1, 0.15) is 19.4 Å². The SMILES string of the molecule is CCOC(OCC)[C@@H]1O[C@@H]1COCc1ccccc1. The lowest BCUT2D eigenvalue weighted by molar-refractivity contribution is -0.147. The molecule has 2 atom stereocenters. The van der Waals surface area contributed by atoms with Gasteiger partial charge in [-0.3, -0.25) is 0 Å². The zero-order valence-electron chi connectivity index (χ0n) is 11.6. The van der Waals surface area contributed by atoms with Crippen molar-refractivity contribution < 1.29 is 18.9 Å². The molecule has 0 bridgehead atoms. The summed E-state index contributed by atoms with van der Waals surface area (Å²) in [5, 5.41) is 0. The second-order valence-electron chi connectivity index (χ2n) is 4.42. The van der Waals surface area contributed by atoms with Crippen LogP contribution in [-0.4, -0.2) is 38.3 Å². The minimum atomic E-state index is -0.264.